The van der Waals surface area contributed by atoms with Crippen LogP contribution in [0.4, 0.5) is 0 Å². The van der Waals surface area contributed by atoms with Gasteiger partial charge < -0.3 is 0 Å². The molecule has 0 aromatic heterocycles. The van der Waals surface area contributed by atoms with Crippen LogP contribution in [0.3, 0.4) is 0 Å². The van der Waals surface area contributed by atoms with E-state index in [4.69, 9.17) is 0 Å². The predicted octanol–water partition coefficient (Wildman–Crippen LogP) is 7.50. The third-order valence-corrected chi connectivity index (χ3v) is 4.10. The van der Waals surface area contributed by atoms with E-state index in [0.717, 1.165) is 6.54 Å². The Morgan fingerprint density at radius 1 is 0.636 bits per heavy atom. The third-order valence-electron chi connectivity index (χ3n) is 4.10. The molecule has 0 amide bonds. The Morgan fingerprint density at radius 3 is 1.59 bits per heavy atom. The first-order valence-electron chi connectivity index (χ1n) is 9.90. The summed E-state index contributed by atoms with van der Waals surface area (Å²) in [7, 11) is 0. The van der Waals surface area contributed by atoms with Gasteiger partial charge in [0.2, 0.25) is 0 Å². The number of unbranched alkanes of at least 4 members (excludes halogenated alkanes) is 12. The zero-order chi connectivity index (χ0) is 16.3. The highest BCUT2D eigenvalue weighted by molar-refractivity contribution is 5.78. The molecule has 0 bridgehead atoms. The second-order valence-electron chi connectivity index (χ2n) is 6.77. The van der Waals surface area contributed by atoms with Crippen LogP contribution in [0.15, 0.2) is 17.1 Å². The molecule has 1 heteroatoms. The molecular formula is C21H41N. The molecule has 0 unspecified atom stereocenters. The normalized spacial score (nSPS) is 11.2. The smallest absolute Gasteiger partial charge is 0.0388 e. The van der Waals surface area contributed by atoms with Gasteiger partial charge in [-0.2, -0.15) is 0 Å². The lowest BCUT2D eigenvalue weighted by Gasteiger charge is -2.00. The second kappa shape index (κ2) is 18.5. The van der Waals surface area contributed by atoms with Crippen LogP contribution in [0.1, 0.15) is 111 Å². The number of nitrogens with zero attached hydrogens (tertiary/aromatic N) is 1. The lowest BCUT2D eigenvalue weighted by Crippen LogP contribution is -1.87. The van der Waals surface area contributed by atoms with Gasteiger partial charge in [0, 0.05) is 12.3 Å². The van der Waals surface area contributed by atoms with Crippen LogP contribution in [0.25, 0.3) is 0 Å². The molecule has 0 aliphatic carbocycles. The molecule has 0 fully saturated rings. The van der Waals surface area contributed by atoms with E-state index < -0.39 is 0 Å². The van der Waals surface area contributed by atoms with Crippen LogP contribution in [0, 0.1) is 0 Å². The molecule has 22 heavy (non-hydrogen) atoms. The van der Waals surface area contributed by atoms with Crippen molar-refractivity contribution in [3.63, 3.8) is 0 Å². The van der Waals surface area contributed by atoms with Gasteiger partial charge in [0.25, 0.3) is 0 Å². The molecule has 0 aliphatic rings. The monoisotopic (exact) mass is 307 g/mol. The highest BCUT2D eigenvalue weighted by Gasteiger charge is 1.91. The summed E-state index contributed by atoms with van der Waals surface area (Å²) < 4.78 is 0. The minimum atomic E-state index is 1.03. The summed E-state index contributed by atoms with van der Waals surface area (Å²) in [5.41, 5.74) is 1.22. The van der Waals surface area contributed by atoms with Crippen molar-refractivity contribution >= 4 is 5.71 Å². The molecule has 0 aliphatic heterocycles. The van der Waals surface area contributed by atoms with Gasteiger partial charge in [-0.1, -0.05) is 76.9 Å². The Bertz CT molecular complexity index is 261. The maximum Gasteiger partial charge on any atom is 0.0388 e. The summed E-state index contributed by atoms with van der Waals surface area (Å²) in [6.45, 7) is 7.48. The fraction of sp³-hybridized carbons (Fsp3) is 0.857. The molecule has 0 N–H and O–H groups in total. The van der Waals surface area contributed by atoms with Crippen molar-refractivity contribution in [2.24, 2.45) is 4.99 Å². The van der Waals surface area contributed by atoms with E-state index in [-0.39, 0.29) is 0 Å². The number of hydrogen-bond acceptors (Lipinski definition) is 1. The van der Waals surface area contributed by atoms with Crippen LogP contribution in [-0.2, 0) is 0 Å². The van der Waals surface area contributed by atoms with Gasteiger partial charge in [0.1, 0.15) is 0 Å². The van der Waals surface area contributed by atoms with Crippen molar-refractivity contribution < 1.29 is 0 Å². The SMILES string of the molecule is CCCCCCCCC=CCCCCCCCCN=C(C)C. The maximum absolute atomic E-state index is 4.44. The summed E-state index contributed by atoms with van der Waals surface area (Å²) >= 11 is 0. The average Bonchev–Trinajstić information content (AvgIpc) is 2.50. The molecule has 0 aromatic carbocycles. The molecule has 0 saturated heterocycles. The molecule has 0 saturated carbocycles. The van der Waals surface area contributed by atoms with Crippen LogP contribution in [-0.4, -0.2) is 12.3 Å². The Morgan fingerprint density at radius 2 is 1.09 bits per heavy atom. The average molecular weight is 308 g/mol. The highest BCUT2D eigenvalue weighted by Crippen LogP contribution is 2.09. The van der Waals surface area contributed by atoms with E-state index in [1.807, 2.05) is 0 Å². The third kappa shape index (κ3) is 19.4. The van der Waals surface area contributed by atoms with Crippen molar-refractivity contribution in [3.8, 4) is 0 Å². The molecular weight excluding hydrogens is 266 g/mol. The van der Waals surface area contributed by atoms with E-state index >= 15 is 0 Å². The van der Waals surface area contributed by atoms with Gasteiger partial charge in [-0.3, -0.25) is 4.99 Å². The quantitative estimate of drug-likeness (QED) is 0.159. The predicted molar refractivity (Wildman–Crippen MR) is 103 cm³/mol. The van der Waals surface area contributed by atoms with Crippen LogP contribution < -0.4 is 0 Å². The number of aliphatic imine (C=N–C) groups is 1. The Labute approximate surface area is 140 Å². The van der Waals surface area contributed by atoms with E-state index in [0.29, 0.717) is 0 Å². The summed E-state index contributed by atoms with van der Waals surface area (Å²) in [6, 6.07) is 0. The topological polar surface area (TPSA) is 12.4 Å². The van der Waals surface area contributed by atoms with Crippen molar-refractivity contribution in [1.82, 2.24) is 0 Å². The molecule has 0 aromatic rings. The fourth-order valence-electron chi connectivity index (χ4n) is 2.66. The Hall–Kier alpha value is -0.590. The zero-order valence-corrected chi connectivity index (χ0v) is 15.7. The first-order valence-corrected chi connectivity index (χ1v) is 9.90. The summed E-state index contributed by atoms with van der Waals surface area (Å²) in [5, 5.41) is 0. The van der Waals surface area contributed by atoms with Crippen molar-refractivity contribution in [2.45, 2.75) is 111 Å². The van der Waals surface area contributed by atoms with Gasteiger partial charge in [0.05, 0.1) is 0 Å². The van der Waals surface area contributed by atoms with E-state index in [1.54, 1.807) is 0 Å². The first-order chi connectivity index (χ1) is 10.8. The van der Waals surface area contributed by atoms with E-state index in [9.17, 15) is 0 Å². The molecule has 1 nitrogen and oxygen atoms in total. The minimum Gasteiger partial charge on any atom is -0.295 e. The molecule has 0 heterocycles. The lowest BCUT2D eigenvalue weighted by molar-refractivity contribution is 0.599. The molecule has 0 rings (SSSR count). The molecule has 0 radical (unpaired) electrons. The summed E-state index contributed by atoms with van der Waals surface area (Å²) in [6.07, 6.45) is 24.0. The molecule has 130 valence electrons. The number of allylic oxidation sites excluding steroid dienone is 2. The second-order valence-corrected chi connectivity index (χ2v) is 6.77. The Balaban J connectivity index is 3.10. The van der Waals surface area contributed by atoms with Gasteiger partial charge in [0.15, 0.2) is 0 Å². The molecule has 0 atom stereocenters. The van der Waals surface area contributed by atoms with Gasteiger partial charge in [-0.25, -0.2) is 0 Å². The lowest BCUT2D eigenvalue weighted by atomic mass is 10.1. The molecule has 0 spiro atoms. The van der Waals surface area contributed by atoms with E-state index in [1.165, 1.54) is 95.6 Å². The summed E-state index contributed by atoms with van der Waals surface area (Å²) in [4.78, 5) is 4.44. The van der Waals surface area contributed by atoms with Crippen molar-refractivity contribution in [1.29, 1.82) is 0 Å². The van der Waals surface area contributed by atoms with Gasteiger partial charge in [-0.05, 0) is 46.0 Å². The number of hydrogen-bond donors (Lipinski definition) is 0. The van der Waals surface area contributed by atoms with Crippen molar-refractivity contribution in [2.75, 3.05) is 6.54 Å². The maximum atomic E-state index is 4.44. The number of rotatable bonds is 16. The minimum absolute atomic E-state index is 1.03. The van der Waals surface area contributed by atoms with Crippen LogP contribution in [0.2, 0.25) is 0 Å². The fourth-order valence-corrected chi connectivity index (χ4v) is 2.66. The van der Waals surface area contributed by atoms with Gasteiger partial charge >= 0.3 is 0 Å². The highest BCUT2D eigenvalue weighted by atomic mass is 14.7. The largest absolute Gasteiger partial charge is 0.295 e. The standard InChI is InChI=1S/C21H41N/c1-4-5-6-7-8-9-10-11-12-13-14-15-16-17-18-19-20-22-21(2)3/h11-12H,4-10,13-20H2,1-3H3. The van der Waals surface area contributed by atoms with Gasteiger partial charge in [-0.15, -0.1) is 0 Å². The van der Waals surface area contributed by atoms with Crippen LogP contribution in [0.5, 0.6) is 0 Å². The van der Waals surface area contributed by atoms with Crippen molar-refractivity contribution in [3.05, 3.63) is 12.2 Å². The van der Waals surface area contributed by atoms with Crippen LogP contribution >= 0.6 is 0 Å². The summed E-state index contributed by atoms with van der Waals surface area (Å²) in [5.74, 6) is 0. The zero-order valence-electron chi connectivity index (χ0n) is 15.7. The first kappa shape index (κ1) is 21.4. The Kier molecular flexibility index (Phi) is 18.0. The van der Waals surface area contributed by atoms with E-state index in [2.05, 4.69) is 37.9 Å².